The first-order valence-corrected chi connectivity index (χ1v) is 13.4. The minimum atomic E-state index is -4.81. The predicted molar refractivity (Wildman–Crippen MR) is 121 cm³/mol. The number of benzene rings is 1. The average Bonchev–Trinajstić information content (AvgIpc) is 3.40. The monoisotopic (exact) mass is 550 g/mol. The average molecular weight is 551 g/mol. The van der Waals surface area contributed by atoms with Crippen molar-refractivity contribution < 1.29 is 39.8 Å². The van der Waals surface area contributed by atoms with E-state index in [0.717, 1.165) is 22.3 Å². The SMILES string of the molecule is Cc1c2c(nn1S(=O)(=O)C1CCOCC1)CN([C@@H]1C[C@H](N)[C@@H](c3cc(F)ccc3F)O[C@H]1C(F)(F)F)C2. The van der Waals surface area contributed by atoms with Gasteiger partial charge in [0.05, 0.1) is 16.6 Å². The van der Waals surface area contributed by atoms with Crippen molar-refractivity contribution >= 4 is 10.0 Å². The van der Waals surface area contributed by atoms with E-state index in [-0.39, 0.29) is 25.1 Å². The van der Waals surface area contributed by atoms with Crippen LogP contribution in [0.3, 0.4) is 0 Å². The fourth-order valence-corrected chi connectivity index (χ4v) is 7.27. The molecule has 14 heteroatoms. The van der Waals surface area contributed by atoms with Crippen LogP contribution in [-0.2, 0) is 32.6 Å². The van der Waals surface area contributed by atoms with Gasteiger partial charge >= 0.3 is 6.18 Å². The van der Waals surface area contributed by atoms with E-state index in [1.165, 1.54) is 4.90 Å². The normalized spacial score (nSPS) is 28.0. The largest absolute Gasteiger partial charge is 0.416 e. The molecule has 37 heavy (non-hydrogen) atoms. The Morgan fingerprint density at radius 2 is 1.84 bits per heavy atom. The van der Waals surface area contributed by atoms with Crippen LogP contribution in [0.5, 0.6) is 0 Å². The standard InChI is InChI=1S/C23H27F5N4O4S/c1-12-16-10-31(11-19(16)30-32(12)37(33,34)14-4-6-35-7-5-14)20-9-18(29)21(36-22(20)23(26,27)28)15-8-13(24)2-3-17(15)25/h2-3,8,14,18,20-22H,4-7,9-11,29H2,1H3/t18-,20+,21+,22+/m0/s1. The number of hydrogen-bond donors (Lipinski definition) is 1. The Morgan fingerprint density at radius 1 is 1.14 bits per heavy atom. The van der Waals surface area contributed by atoms with Crippen molar-refractivity contribution in [3.8, 4) is 0 Å². The number of halogens is 5. The highest BCUT2D eigenvalue weighted by Crippen LogP contribution is 2.43. The van der Waals surface area contributed by atoms with Gasteiger partial charge in [0.25, 0.3) is 10.0 Å². The first-order chi connectivity index (χ1) is 17.4. The van der Waals surface area contributed by atoms with E-state index in [9.17, 15) is 30.4 Å². The molecule has 5 rings (SSSR count). The number of alkyl halides is 3. The Balaban J connectivity index is 1.39. The van der Waals surface area contributed by atoms with Crippen molar-refractivity contribution in [2.75, 3.05) is 13.2 Å². The molecule has 8 nitrogen and oxygen atoms in total. The molecule has 0 amide bonds. The molecule has 204 valence electrons. The summed E-state index contributed by atoms with van der Waals surface area (Å²) < 4.78 is 108. The zero-order valence-electron chi connectivity index (χ0n) is 19.9. The van der Waals surface area contributed by atoms with Gasteiger partial charge in [0.15, 0.2) is 6.10 Å². The maximum absolute atomic E-state index is 14.3. The Labute approximate surface area is 210 Å². The van der Waals surface area contributed by atoms with Gasteiger partial charge in [0.2, 0.25) is 0 Å². The second kappa shape index (κ2) is 9.56. The lowest BCUT2D eigenvalue weighted by atomic mass is 9.89. The van der Waals surface area contributed by atoms with Gasteiger partial charge in [-0.05, 0) is 44.4 Å². The van der Waals surface area contributed by atoms with Gasteiger partial charge in [-0.3, -0.25) is 4.90 Å². The number of nitrogens with zero attached hydrogens (tertiary/aromatic N) is 3. The number of nitrogens with two attached hydrogens (primary N) is 1. The third-order valence-corrected chi connectivity index (χ3v) is 9.58. The number of aromatic nitrogens is 2. The van der Waals surface area contributed by atoms with E-state index in [1.807, 2.05) is 0 Å². The molecule has 0 saturated carbocycles. The lowest BCUT2D eigenvalue weighted by molar-refractivity contribution is -0.269. The van der Waals surface area contributed by atoms with Gasteiger partial charge < -0.3 is 15.2 Å². The second-order valence-electron chi connectivity index (χ2n) is 9.77. The van der Waals surface area contributed by atoms with Crippen molar-refractivity contribution in [3.63, 3.8) is 0 Å². The van der Waals surface area contributed by atoms with E-state index < -0.39 is 57.4 Å². The van der Waals surface area contributed by atoms with Crippen LogP contribution in [0.15, 0.2) is 18.2 Å². The quantitative estimate of drug-likeness (QED) is 0.585. The van der Waals surface area contributed by atoms with Gasteiger partial charge in [0.1, 0.15) is 17.7 Å². The first kappa shape index (κ1) is 26.5. The van der Waals surface area contributed by atoms with Crippen molar-refractivity contribution in [2.45, 2.75) is 75.0 Å². The molecule has 4 atom stereocenters. The summed E-state index contributed by atoms with van der Waals surface area (Å²) in [6, 6.07) is 0.219. The molecule has 0 unspecified atom stereocenters. The van der Waals surface area contributed by atoms with E-state index in [0.29, 0.717) is 43.0 Å². The molecule has 3 aliphatic rings. The van der Waals surface area contributed by atoms with Crippen molar-refractivity contribution in [2.24, 2.45) is 5.73 Å². The molecule has 1 aromatic carbocycles. The molecular formula is C23H27F5N4O4S. The van der Waals surface area contributed by atoms with Crippen LogP contribution in [0.2, 0.25) is 0 Å². The van der Waals surface area contributed by atoms with Crippen LogP contribution < -0.4 is 5.73 Å². The number of hydrogen-bond acceptors (Lipinski definition) is 7. The van der Waals surface area contributed by atoms with E-state index in [4.69, 9.17) is 15.2 Å². The fourth-order valence-electron chi connectivity index (χ4n) is 5.50. The predicted octanol–water partition coefficient (Wildman–Crippen LogP) is 2.93. The van der Waals surface area contributed by atoms with Gasteiger partial charge in [-0.2, -0.15) is 22.4 Å². The first-order valence-electron chi connectivity index (χ1n) is 11.9. The Hall–Kier alpha value is -2.13. The summed E-state index contributed by atoms with van der Waals surface area (Å²) in [5.41, 5.74) is 7.06. The minimum Gasteiger partial charge on any atom is -0.381 e. The third kappa shape index (κ3) is 4.78. The Bertz CT molecular complexity index is 1280. The molecule has 2 N–H and O–H groups in total. The lowest BCUT2D eigenvalue weighted by Gasteiger charge is -2.44. The van der Waals surface area contributed by atoms with Crippen LogP contribution in [0.1, 0.15) is 47.9 Å². The zero-order valence-corrected chi connectivity index (χ0v) is 20.7. The van der Waals surface area contributed by atoms with Crippen LogP contribution in [0, 0.1) is 18.6 Å². The summed E-state index contributed by atoms with van der Waals surface area (Å²) in [4.78, 5) is 1.51. The van der Waals surface area contributed by atoms with E-state index >= 15 is 0 Å². The lowest BCUT2D eigenvalue weighted by Crippen LogP contribution is -2.58. The molecule has 0 aliphatic carbocycles. The molecule has 0 bridgehead atoms. The Kier molecular flexibility index (Phi) is 6.84. The van der Waals surface area contributed by atoms with Gasteiger partial charge in [-0.15, -0.1) is 0 Å². The topological polar surface area (TPSA) is 99.7 Å². The number of ether oxygens (including phenoxy) is 2. The summed E-state index contributed by atoms with van der Waals surface area (Å²) in [7, 11) is -3.79. The smallest absolute Gasteiger partial charge is 0.381 e. The molecule has 2 saturated heterocycles. The molecule has 1 aromatic heterocycles. The van der Waals surface area contributed by atoms with Crippen LogP contribution >= 0.6 is 0 Å². The molecule has 0 spiro atoms. The van der Waals surface area contributed by atoms with Gasteiger partial charge in [-0.25, -0.2) is 17.2 Å². The third-order valence-electron chi connectivity index (χ3n) is 7.43. The molecule has 4 heterocycles. The Morgan fingerprint density at radius 3 is 2.49 bits per heavy atom. The van der Waals surface area contributed by atoms with Crippen LogP contribution in [-0.4, -0.2) is 65.3 Å². The maximum atomic E-state index is 14.3. The summed E-state index contributed by atoms with van der Waals surface area (Å²) in [6.07, 6.45) is -8.13. The van der Waals surface area contributed by atoms with Crippen LogP contribution in [0.25, 0.3) is 0 Å². The van der Waals surface area contributed by atoms with Crippen LogP contribution in [0.4, 0.5) is 22.0 Å². The maximum Gasteiger partial charge on any atom is 0.416 e. The molecule has 2 aromatic rings. The minimum absolute atomic E-state index is 0.0246. The zero-order chi connectivity index (χ0) is 26.7. The van der Waals surface area contributed by atoms with Crippen molar-refractivity contribution in [1.82, 2.24) is 14.1 Å². The highest BCUT2D eigenvalue weighted by atomic mass is 32.2. The summed E-state index contributed by atoms with van der Waals surface area (Å²) >= 11 is 0. The highest BCUT2D eigenvalue weighted by molar-refractivity contribution is 7.90. The highest BCUT2D eigenvalue weighted by Gasteiger charge is 2.54. The summed E-state index contributed by atoms with van der Waals surface area (Å²) in [5.74, 6) is -1.72. The summed E-state index contributed by atoms with van der Waals surface area (Å²) in [6.45, 7) is 2.24. The fraction of sp³-hybridized carbons (Fsp3) is 0.609. The summed E-state index contributed by atoms with van der Waals surface area (Å²) in [5, 5.41) is 3.63. The van der Waals surface area contributed by atoms with Gasteiger partial charge in [-0.1, -0.05) is 0 Å². The number of rotatable bonds is 4. The molecular weight excluding hydrogens is 523 g/mol. The molecule has 2 fully saturated rings. The number of fused-ring (bicyclic) bond motifs is 1. The van der Waals surface area contributed by atoms with Crippen molar-refractivity contribution in [1.29, 1.82) is 0 Å². The van der Waals surface area contributed by atoms with Crippen molar-refractivity contribution in [3.05, 3.63) is 52.3 Å². The second-order valence-corrected chi connectivity index (χ2v) is 11.8. The molecule has 3 aliphatic heterocycles. The van der Waals surface area contributed by atoms with Gasteiger partial charge in [0, 0.05) is 49.5 Å². The van der Waals surface area contributed by atoms with E-state index in [1.54, 1.807) is 6.92 Å². The van der Waals surface area contributed by atoms with E-state index in [2.05, 4.69) is 5.10 Å². The molecule has 0 radical (unpaired) electrons.